The van der Waals surface area contributed by atoms with Crippen LogP contribution in [-0.4, -0.2) is 29.1 Å². The lowest BCUT2D eigenvalue weighted by atomic mass is 9.86. The highest BCUT2D eigenvalue weighted by molar-refractivity contribution is 5.94. The molecule has 1 aromatic carbocycles. The number of phenols is 1. The quantitative estimate of drug-likeness (QED) is 0.837. The van der Waals surface area contributed by atoms with Gasteiger partial charge >= 0.3 is 5.97 Å². The van der Waals surface area contributed by atoms with Gasteiger partial charge in [-0.05, 0) is 50.3 Å². The number of carbonyl (C=O) groups is 2. The van der Waals surface area contributed by atoms with E-state index in [0.717, 1.165) is 24.8 Å². The van der Waals surface area contributed by atoms with E-state index in [4.69, 9.17) is 4.74 Å². The monoisotopic (exact) mass is 319 g/mol. The van der Waals surface area contributed by atoms with Crippen LogP contribution in [0.25, 0.3) is 0 Å². The van der Waals surface area contributed by atoms with Crippen LogP contribution in [-0.2, 0) is 9.53 Å². The van der Waals surface area contributed by atoms with E-state index in [2.05, 4.69) is 12.2 Å². The zero-order valence-corrected chi connectivity index (χ0v) is 14.0. The van der Waals surface area contributed by atoms with E-state index < -0.39 is 12.1 Å². The van der Waals surface area contributed by atoms with Gasteiger partial charge in [-0.25, -0.2) is 4.79 Å². The molecule has 3 atom stereocenters. The van der Waals surface area contributed by atoms with Crippen LogP contribution >= 0.6 is 0 Å². The molecule has 0 saturated heterocycles. The molecule has 0 unspecified atom stereocenters. The third-order valence-corrected chi connectivity index (χ3v) is 4.47. The van der Waals surface area contributed by atoms with Crippen molar-refractivity contribution in [3.05, 3.63) is 29.3 Å². The number of hydrogen-bond acceptors (Lipinski definition) is 4. The second-order valence-electron chi connectivity index (χ2n) is 6.44. The average molecular weight is 319 g/mol. The lowest BCUT2D eigenvalue weighted by Crippen LogP contribution is -2.45. The molecule has 1 aromatic rings. The zero-order valence-electron chi connectivity index (χ0n) is 14.0. The van der Waals surface area contributed by atoms with Gasteiger partial charge in [0.15, 0.2) is 6.10 Å². The van der Waals surface area contributed by atoms with Crippen LogP contribution in [0.2, 0.25) is 0 Å². The number of benzene rings is 1. The number of ether oxygens (including phenoxy) is 1. The zero-order chi connectivity index (χ0) is 17.0. The van der Waals surface area contributed by atoms with E-state index in [1.54, 1.807) is 13.0 Å². The third kappa shape index (κ3) is 4.47. The summed E-state index contributed by atoms with van der Waals surface area (Å²) in [5, 5.41) is 12.8. The summed E-state index contributed by atoms with van der Waals surface area (Å²) in [6.45, 7) is 5.49. The SMILES string of the molecule is Cc1ccc(C(=O)O[C@@H](C)C(=O)N[C@@H]2CCCC[C@@H]2C)c(O)c1. The Kier molecular flexibility index (Phi) is 5.64. The minimum atomic E-state index is -0.891. The van der Waals surface area contributed by atoms with Crippen LogP contribution in [0.1, 0.15) is 55.5 Å². The number of amides is 1. The van der Waals surface area contributed by atoms with Gasteiger partial charge in [0.1, 0.15) is 11.3 Å². The van der Waals surface area contributed by atoms with Gasteiger partial charge in [0.2, 0.25) is 0 Å². The second kappa shape index (κ2) is 7.49. The van der Waals surface area contributed by atoms with E-state index in [-0.39, 0.29) is 23.3 Å². The van der Waals surface area contributed by atoms with Gasteiger partial charge in [0, 0.05) is 6.04 Å². The van der Waals surface area contributed by atoms with Crippen molar-refractivity contribution in [3.8, 4) is 5.75 Å². The molecule has 23 heavy (non-hydrogen) atoms. The van der Waals surface area contributed by atoms with E-state index in [0.29, 0.717) is 5.92 Å². The first-order chi connectivity index (χ1) is 10.9. The number of hydrogen-bond donors (Lipinski definition) is 2. The van der Waals surface area contributed by atoms with E-state index >= 15 is 0 Å². The van der Waals surface area contributed by atoms with Gasteiger partial charge in [0.25, 0.3) is 5.91 Å². The van der Waals surface area contributed by atoms with Crippen LogP contribution in [0.3, 0.4) is 0 Å². The standard InChI is InChI=1S/C18H25NO4/c1-11-8-9-14(16(20)10-11)18(22)23-13(3)17(21)19-15-7-5-4-6-12(15)2/h8-10,12-13,15,20H,4-7H2,1-3H3,(H,19,21)/t12-,13-,15+/m0/s1. The Hall–Kier alpha value is -2.04. The number of carbonyl (C=O) groups excluding carboxylic acids is 2. The Morgan fingerprint density at radius 1 is 1.30 bits per heavy atom. The molecule has 0 aliphatic heterocycles. The van der Waals surface area contributed by atoms with Crippen LogP contribution in [0.15, 0.2) is 18.2 Å². The summed E-state index contributed by atoms with van der Waals surface area (Å²) in [5.41, 5.74) is 0.914. The molecule has 5 heteroatoms. The van der Waals surface area contributed by atoms with E-state index in [9.17, 15) is 14.7 Å². The minimum Gasteiger partial charge on any atom is -0.507 e. The molecular formula is C18H25NO4. The third-order valence-electron chi connectivity index (χ3n) is 4.47. The van der Waals surface area contributed by atoms with Crippen molar-refractivity contribution < 1.29 is 19.4 Å². The predicted octanol–water partition coefficient (Wildman–Crippen LogP) is 2.94. The number of esters is 1. The molecule has 1 fully saturated rings. The first kappa shape index (κ1) is 17.3. The number of aryl methyl sites for hydroxylation is 1. The molecule has 2 rings (SSSR count). The Morgan fingerprint density at radius 3 is 2.65 bits per heavy atom. The maximum absolute atomic E-state index is 12.2. The van der Waals surface area contributed by atoms with E-state index in [1.165, 1.54) is 18.6 Å². The fourth-order valence-electron chi connectivity index (χ4n) is 2.92. The lowest BCUT2D eigenvalue weighted by molar-refractivity contribution is -0.130. The molecule has 1 aliphatic carbocycles. The molecular weight excluding hydrogens is 294 g/mol. The molecule has 2 N–H and O–H groups in total. The molecule has 1 aliphatic rings. The summed E-state index contributed by atoms with van der Waals surface area (Å²) in [6.07, 6.45) is 3.49. The number of rotatable bonds is 4. The van der Waals surface area contributed by atoms with Crippen molar-refractivity contribution in [1.82, 2.24) is 5.32 Å². The minimum absolute atomic E-state index is 0.0706. The van der Waals surface area contributed by atoms with Gasteiger partial charge in [0.05, 0.1) is 0 Å². The van der Waals surface area contributed by atoms with Crippen LogP contribution in [0.4, 0.5) is 0 Å². The van der Waals surface area contributed by atoms with Crippen molar-refractivity contribution in [2.24, 2.45) is 5.92 Å². The first-order valence-electron chi connectivity index (χ1n) is 8.19. The number of phenolic OH excluding ortho intramolecular Hbond substituents is 1. The Bertz CT molecular complexity index is 584. The van der Waals surface area contributed by atoms with Gasteiger partial charge in [-0.1, -0.05) is 25.8 Å². The molecule has 0 bridgehead atoms. The van der Waals surface area contributed by atoms with Crippen molar-refractivity contribution in [2.45, 2.75) is 58.6 Å². The molecule has 0 aromatic heterocycles. The largest absolute Gasteiger partial charge is 0.507 e. The van der Waals surface area contributed by atoms with Crippen LogP contribution < -0.4 is 5.32 Å². The normalized spacial score (nSPS) is 22.2. The maximum Gasteiger partial charge on any atom is 0.342 e. The highest BCUT2D eigenvalue weighted by Crippen LogP contribution is 2.24. The summed E-state index contributed by atoms with van der Waals surface area (Å²) < 4.78 is 5.18. The van der Waals surface area contributed by atoms with Gasteiger partial charge < -0.3 is 15.2 Å². The van der Waals surface area contributed by atoms with E-state index in [1.807, 2.05) is 6.92 Å². The summed E-state index contributed by atoms with van der Waals surface area (Å²) in [7, 11) is 0. The molecule has 5 nitrogen and oxygen atoms in total. The maximum atomic E-state index is 12.2. The van der Waals surface area contributed by atoms with Crippen molar-refractivity contribution in [2.75, 3.05) is 0 Å². The molecule has 1 amide bonds. The highest BCUT2D eigenvalue weighted by Gasteiger charge is 2.27. The fraction of sp³-hybridized carbons (Fsp3) is 0.556. The second-order valence-corrected chi connectivity index (χ2v) is 6.44. The van der Waals surface area contributed by atoms with Crippen LogP contribution in [0.5, 0.6) is 5.75 Å². The van der Waals surface area contributed by atoms with Crippen molar-refractivity contribution in [1.29, 1.82) is 0 Å². The van der Waals surface area contributed by atoms with Gasteiger partial charge in [-0.3, -0.25) is 4.79 Å². The molecule has 126 valence electrons. The average Bonchev–Trinajstić information content (AvgIpc) is 2.49. The number of nitrogens with one attached hydrogen (secondary N) is 1. The first-order valence-corrected chi connectivity index (χ1v) is 8.19. The molecule has 0 radical (unpaired) electrons. The predicted molar refractivity (Wildman–Crippen MR) is 87.3 cm³/mol. The molecule has 0 heterocycles. The van der Waals surface area contributed by atoms with Crippen LogP contribution in [0, 0.1) is 12.8 Å². The Balaban J connectivity index is 1.93. The molecule has 0 spiro atoms. The summed E-state index contributed by atoms with van der Waals surface area (Å²) in [4.78, 5) is 24.3. The Labute approximate surface area is 137 Å². The Morgan fingerprint density at radius 2 is 2.00 bits per heavy atom. The van der Waals surface area contributed by atoms with Crippen molar-refractivity contribution in [3.63, 3.8) is 0 Å². The lowest BCUT2D eigenvalue weighted by Gasteiger charge is -2.30. The van der Waals surface area contributed by atoms with Crippen molar-refractivity contribution >= 4 is 11.9 Å². The topological polar surface area (TPSA) is 75.6 Å². The number of aromatic hydroxyl groups is 1. The fourth-order valence-corrected chi connectivity index (χ4v) is 2.92. The highest BCUT2D eigenvalue weighted by atomic mass is 16.5. The summed E-state index contributed by atoms with van der Waals surface area (Å²) in [6, 6.07) is 4.85. The van der Waals surface area contributed by atoms with Gasteiger partial charge in [-0.2, -0.15) is 0 Å². The van der Waals surface area contributed by atoms with Gasteiger partial charge in [-0.15, -0.1) is 0 Å². The summed E-state index contributed by atoms with van der Waals surface area (Å²) in [5.74, 6) is -0.675. The summed E-state index contributed by atoms with van der Waals surface area (Å²) >= 11 is 0. The smallest absolute Gasteiger partial charge is 0.342 e. The molecule has 1 saturated carbocycles.